The van der Waals surface area contributed by atoms with E-state index in [1.807, 2.05) is 37.3 Å². The van der Waals surface area contributed by atoms with Crippen molar-refractivity contribution in [1.82, 2.24) is 15.1 Å². The second kappa shape index (κ2) is 7.74. The van der Waals surface area contributed by atoms with Gasteiger partial charge < -0.3 is 11.1 Å². The van der Waals surface area contributed by atoms with Crippen LogP contribution in [0, 0.1) is 11.8 Å². The average molecular weight is 372 g/mol. The van der Waals surface area contributed by atoms with Crippen molar-refractivity contribution in [3.05, 3.63) is 64.7 Å². The molecule has 2 atom stereocenters. The summed E-state index contributed by atoms with van der Waals surface area (Å²) >= 11 is 5.89. The van der Waals surface area contributed by atoms with Crippen LogP contribution >= 0.6 is 11.6 Å². The summed E-state index contributed by atoms with van der Waals surface area (Å²) in [6, 6.07) is 7.56. The topological polar surface area (TPSA) is 85.3 Å². The lowest BCUT2D eigenvalue weighted by atomic mass is 9.88. The molecule has 0 aliphatic carbocycles. The van der Waals surface area contributed by atoms with Crippen LogP contribution < -0.4 is 11.1 Å². The standard InChI is InChI=1S/C19H22ClN5O/c1-12-7-18(21)24-13(2)17(12)9-22-19(26)15-8-23-25(11-15)10-14-3-5-16(20)6-4-14/h3-8,11-12,17H,9-10,21H2,1-2H3,(H,22,26). The van der Waals surface area contributed by atoms with Gasteiger partial charge in [0, 0.05) is 29.4 Å². The van der Waals surface area contributed by atoms with Gasteiger partial charge in [0.1, 0.15) is 5.82 Å². The fraction of sp³-hybridized carbons (Fsp3) is 0.316. The van der Waals surface area contributed by atoms with E-state index >= 15 is 0 Å². The van der Waals surface area contributed by atoms with Crippen molar-refractivity contribution >= 4 is 23.2 Å². The number of carbonyl (C=O) groups excluding carboxylic acids is 1. The van der Waals surface area contributed by atoms with Crippen LogP contribution in [0.15, 0.2) is 53.5 Å². The SMILES string of the molecule is CC1=NC(N)=CC(C)C1CNC(=O)c1cnn(Cc2ccc(Cl)cc2)c1. The van der Waals surface area contributed by atoms with Crippen molar-refractivity contribution in [2.24, 2.45) is 22.6 Å². The minimum Gasteiger partial charge on any atom is -0.384 e. The van der Waals surface area contributed by atoms with Gasteiger partial charge in [-0.25, -0.2) is 4.99 Å². The molecular formula is C19H22ClN5O. The Morgan fingerprint density at radius 1 is 1.35 bits per heavy atom. The number of halogens is 1. The Bertz CT molecular complexity index is 853. The van der Waals surface area contributed by atoms with Gasteiger partial charge >= 0.3 is 0 Å². The molecule has 3 N–H and O–H groups in total. The Morgan fingerprint density at radius 3 is 2.77 bits per heavy atom. The first-order chi connectivity index (χ1) is 12.4. The van der Waals surface area contributed by atoms with Gasteiger partial charge in [-0.2, -0.15) is 5.10 Å². The number of benzene rings is 1. The molecule has 1 amide bonds. The fourth-order valence-electron chi connectivity index (χ4n) is 3.07. The molecule has 2 heterocycles. The van der Waals surface area contributed by atoms with Gasteiger partial charge in [-0.05, 0) is 36.6 Å². The van der Waals surface area contributed by atoms with Crippen LogP contribution in [-0.2, 0) is 6.54 Å². The fourth-order valence-corrected chi connectivity index (χ4v) is 3.20. The molecule has 0 fully saturated rings. The van der Waals surface area contributed by atoms with Crippen LogP contribution in [0.4, 0.5) is 0 Å². The molecule has 3 rings (SSSR count). The summed E-state index contributed by atoms with van der Waals surface area (Å²) in [7, 11) is 0. The summed E-state index contributed by atoms with van der Waals surface area (Å²) in [4.78, 5) is 16.7. The summed E-state index contributed by atoms with van der Waals surface area (Å²) in [5, 5.41) is 7.93. The minimum atomic E-state index is -0.144. The van der Waals surface area contributed by atoms with Crippen LogP contribution in [0.3, 0.4) is 0 Å². The normalized spacial score (nSPS) is 19.7. The van der Waals surface area contributed by atoms with Crippen molar-refractivity contribution < 1.29 is 4.79 Å². The number of nitrogens with two attached hydrogens (primary N) is 1. The molecular weight excluding hydrogens is 350 g/mol. The van der Waals surface area contributed by atoms with Crippen LogP contribution in [0.1, 0.15) is 29.8 Å². The van der Waals surface area contributed by atoms with E-state index in [-0.39, 0.29) is 17.7 Å². The second-order valence-corrected chi connectivity index (χ2v) is 7.01. The smallest absolute Gasteiger partial charge is 0.254 e. The van der Waals surface area contributed by atoms with Crippen LogP contribution in [0.2, 0.25) is 5.02 Å². The number of hydrogen-bond donors (Lipinski definition) is 2. The predicted molar refractivity (Wildman–Crippen MR) is 103 cm³/mol. The molecule has 0 saturated carbocycles. The number of aromatic nitrogens is 2. The van der Waals surface area contributed by atoms with Gasteiger partial charge in [-0.15, -0.1) is 0 Å². The Labute approximate surface area is 157 Å². The van der Waals surface area contributed by atoms with Crippen molar-refractivity contribution in [1.29, 1.82) is 0 Å². The third-order valence-corrected chi connectivity index (χ3v) is 4.80. The third-order valence-electron chi connectivity index (χ3n) is 4.55. The summed E-state index contributed by atoms with van der Waals surface area (Å²) in [6.07, 6.45) is 5.25. The van der Waals surface area contributed by atoms with E-state index in [2.05, 4.69) is 22.3 Å². The Hall–Kier alpha value is -2.60. The van der Waals surface area contributed by atoms with Gasteiger partial charge in [0.15, 0.2) is 0 Å². The van der Waals surface area contributed by atoms with Gasteiger partial charge in [0.05, 0.1) is 18.3 Å². The third kappa shape index (κ3) is 4.32. The summed E-state index contributed by atoms with van der Waals surface area (Å²) in [5.74, 6) is 0.784. The van der Waals surface area contributed by atoms with E-state index in [0.29, 0.717) is 29.5 Å². The number of rotatable bonds is 5. The molecule has 1 aliphatic rings. The second-order valence-electron chi connectivity index (χ2n) is 6.57. The molecule has 26 heavy (non-hydrogen) atoms. The zero-order valence-electron chi connectivity index (χ0n) is 14.8. The van der Waals surface area contributed by atoms with Crippen molar-refractivity contribution in [2.75, 3.05) is 6.54 Å². The molecule has 0 radical (unpaired) electrons. The first kappa shape index (κ1) is 18.2. The number of carbonyl (C=O) groups is 1. The predicted octanol–water partition coefficient (Wildman–Crippen LogP) is 2.84. The Balaban J connectivity index is 1.58. The molecule has 1 aliphatic heterocycles. The molecule has 2 unspecified atom stereocenters. The number of amides is 1. The van der Waals surface area contributed by atoms with Gasteiger partial charge in [0.2, 0.25) is 0 Å². The lowest BCUT2D eigenvalue weighted by molar-refractivity contribution is 0.0949. The molecule has 136 valence electrons. The highest BCUT2D eigenvalue weighted by Gasteiger charge is 2.23. The number of allylic oxidation sites excluding steroid dienone is 1. The lowest BCUT2D eigenvalue weighted by Gasteiger charge is -2.25. The number of hydrogen-bond acceptors (Lipinski definition) is 4. The van der Waals surface area contributed by atoms with E-state index in [1.165, 1.54) is 0 Å². The maximum Gasteiger partial charge on any atom is 0.254 e. The first-order valence-electron chi connectivity index (χ1n) is 8.50. The zero-order valence-corrected chi connectivity index (χ0v) is 15.6. The Morgan fingerprint density at radius 2 is 2.08 bits per heavy atom. The lowest BCUT2D eigenvalue weighted by Crippen LogP contribution is -2.36. The molecule has 0 saturated heterocycles. The number of nitrogens with one attached hydrogen (secondary N) is 1. The van der Waals surface area contributed by atoms with E-state index < -0.39 is 0 Å². The first-order valence-corrected chi connectivity index (χ1v) is 8.88. The Kier molecular flexibility index (Phi) is 5.42. The van der Waals surface area contributed by atoms with Crippen LogP contribution in [-0.4, -0.2) is 27.9 Å². The minimum absolute atomic E-state index is 0.144. The van der Waals surface area contributed by atoms with Gasteiger partial charge in [0.25, 0.3) is 5.91 Å². The van der Waals surface area contributed by atoms with Crippen molar-refractivity contribution in [3.63, 3.8) is 0 Å². The molecule has 0 bridgehead atoms. The molecule has 6 nitrogen and oxygen atoms in total. The highest BCUT2D eigenvalue weighted by molar-refractivity contribution is 6.30. The maximum atomic E-state index is 12.4. The number of aliphatic imine (C=N–C) groups is 1. The zero-order chi connectivity index (χ0) is 18.7. The highest BCUT2D eigenvalue weighted by atomic mass is 35.5. The van der Waals surface area contributed by atoms with E-state index in [9.17, 15) is 4.79 Å². The van der Waals surface area contributed by atoms with E-state index in [0.717, 1.165) is 11.3 Å². The van der Waals surface area contributed by atoms with Gasteiger partial charge in [-0.3, -0.25) is 9.48 Å². The summed E-state index contributed by atoms with van der Waals surface area (Å²) in [5.41, 5.74) is 8.31. The summed E-state index contributed by atoms with van der Waals surface area (Å²) in [6.45, 7) is 5.12. The van der Waals surface area contributed by atoms with E-state index in [1.54, 1.807) is 17.1 Å². The average Bonchev–Trinajstić information content (AvgIpc) is 3.04. The molecule has 7 heteroatoms. The monoisotopic (exact) mass is 371 g/mol. The molecule has 1 aromatic carbocycles. The van der Waals surface area contributed by atoms with E-state index in [4.69, 9.17) is 17.3 Å². The van der Waals surface area contributed by atoms with Gasteiger partial charge in [-0.1, -0.05) is 30.7 Å². The quantitative estimate of drug-likeness (QED) is 0.847. The maximum absolute atomic E-state index is 12.4. The van der Waals surface area contributed by atoms with Crippen LogP contribution in [0.25, 0.3) is 0 Å². The molecule has 0 spiro atoms. The van der Waals surface area contributed by atoms with Crippen molar-refractivity contribution in [2.45, 2.75) is 20.4 Å². The molecule has 2 aromatic rings. The van der Waals surface area contributed by atoms with Crippen molar-refractivity contribution in [3.8, 4) is 0 Å². The largest absolute Gasteiger partial charge is 0.384 e. The van der Waals surface area contributed by atoms with Crippen LogP contribution in [0.5, 0.6) is 0 Å². The summed E-state index contributed by atoms with van der Waals surface area (Å²) < 4.78 is 1.73. The highest BCUT2D eigenvalue weighted by Crippen LogP contribution is 2.21. The number of nitrogens with zero attached hydrogens (tertiary/aromatic N) is 3. The molecule has 1 aromatic heterocycles.